The molecule has 0 radical (unpaired) electrons. The van der Waals surface area contributed by atoms with Crippen LogP contribution in [0.2, 0.25) is 0 Å². The van der Waals surface area contributed by atoms with Gasteiger partial charge in [-0.15, -0.1) is 0 Å². The number of hydrogen-bond acceptors (Lipinski definition) is 2. The lowest BCUT2D eigenvalue weighted by atomic mass is 10.1. The second-order valence-electron chi connectivity index (χ2n) is 4.26. The van der Waals surface area contributed by atoms with Crippen LogP contribution in [0.4, 0.5) is 0 Å². The van der Waals surface area contributed by atoms with Crippen LogP contribution in [0.1, 0.15) is 24.8 Å². The van der Waals surface area contributed by atoms with Crippen molar-refractivity contribution in [2.24, 2.45) is 0 Å². The first-order valence-electron chi connectivity index (χ1n) is 5.79. The van der Waals surface area contributed by atoms with Gasteiger partial charge in [-0.3, -0.25) is 4.90 Å². The average molecular weight is 205 g/mol. The molecule has 1 aromatic rings. The second kappa shape index (κ2) is 5.29. The van der Waals surface area contributed by atoms with E-state index >= 15 is 0 Å². The fraction of sp³-hybridized carbons (Fsp3) is 0.538. The summed E-state index contributed by atoms with van der Waals surface area (Å²) in [6.45, 7) is 2.53. The minimum atomic E-state index is 0.315. The Balaban J connectivity index is 1.93. The molecule has 1 heterocycles. The number of benzene rings is 1. The number of aliphatic hydroxyl groups is 1. The van der Waals surface area contributed by atoms with Gasteiger partial charge in [0.05, 0.1) is 0 Å². The molecule has 0 amide bonds. The fourth-order valence-electron chi connectivity index (χ4n) is 2.40. The van der Waals surface area contributed by atoms with E-state index in [9.17, 15) is 0 Å². The topological polar surface area (TPSA) is 23.5 Å². The summed E-state index contributed by atoms with van der Waals surface area (Å²) in [5, 5.41) is 8.98. The van der Waals surface area contributed by atoms with Gasteiger partial charge in [-0.25, -0.2) is 0 Å². The Bertz CT molecular complexity index is 286. The van der Waals surface area contributed by atoms with Crippen molar-refractivity contribution < 1.29 is 5.11 Å². The van der Waals surface area contributed by atoms with Crippen LogP contribution >= 0.6 is 0 Å². The third-order valence-electron chi connectivity index (χ3n) is 3.19. The van der Waals surface area contributed by atoms with Gasteiger partial charge in [0.2, 0.25) is 0 Å². The van der Waals surface area contributed by atoms with Gasteiger partial charge in [0.15, 0.2) is 0 Å². The lowest BCUT2D eigenvalue weighted by Crippen LogP contribution is -2.29. The number of likely N-dealkylation sites (tertiary alicyclic amines) is 1. The summed E-state index contributed by atoms with van der Waals surface area (Å²) in [6.07, 6.45) is 3.44. The van der Waals surface area contributed by atoms with Crippen molar-refractivity contribution in [3.63, 3.8) is 0 Å². The molecule has 0 spiro atoms. The molecule has 1 atom stereocenters. The molecule has 0 aliphatic carbocycles. The predicted octanol–water partition coefficient (Wildman–Crippen LogP) is 2.03. The van der Waals surface area contributed by atoms with Crippen molar-refractivity contribution in [2.45, 2.75) is 31.8 Å². The van der Waals surface area contributed by atoms with E-state index in [0.717, 1.165) is 13.0 Å². The Labute approximate surface area is 91.5 Å². The zero-order valence-electron chi connectivity index (χ0n) is 9.10. The maximum absolute atomic E-state index is 8.98. The van der Waals surface area contributed by atoms with E-state index in [1.165, 1.54) is 24.9 Å². The summed E-state index contributed by atoms with van der Waals surface area (Å²) in [6, 6.07) is 11.2. The van der Waals surface area contributed by atoms with Gasteiger partial charge in [-0.2, -0.15) is 0 Å². The number of aliphatic hydroxyl groups excluding tert-OH is 1. The van der Waals surface area contributed by atoms with Gasteiger partial charge in [0.25, 0.3) is 0 Å². The summed E-state index contributed by atoms with van der Waals surface area (Å²) in [7, 11) is 0. The van der Waals surface area contributed by atoms with Crippen LogP contribution in [0, 0.1) is 0 Å². The molecule has 0 aromatic heterocycles. The molecule has 82 valence electrons. The zero-order chi connectivity index (χ0) is 10.5. The summed E-state index contributed by atoms with van der Waals surface area (Å²) in [5.41, 5.74) is 1.38. The van der Waals surface area contributed by atoms with Gasteiger partial charge in [-0.05, 0) is 31.4 Å². The van der Waals surface area contributed by atoms with E-state index in [2.05, 4.69) is 35.2 Å². The van der Waals surface area contributed by atoms with E-state index in [4.69, 9.17) is 5.11 Å². The number of hydrogen-bond donors (Lipinski definition) is 1. The summed E-state index contributed by atoms with van der Waals surface area (Å²) in [5.74, 6) is 0. The highest BCUT2D eigenvalue weighted by Gasteiger charge is 2.23. The molecule has 1 fully saturated rings. The molecule has 1 saturated heterocycles. The van der Waals surface area contributed by atoms with Crippen LogP contribution in [0.15, 0.2) is 30.3 Å². The van der Waals surface area contributed by atoms with Crippen LogP contribution in [-0.4, -0.2) is 29.2 Å². The number of rotatable bonds is 4. The van der Waals surface area contributed by atoms with E-state index in [1.807, 2.05) is 0 Å². The molecule has 0 saturated carbocycles. The third-order valence-corrected chi connectivity index (χ3v) is 3.19. The molecule has 2 nitrogen and oxygen atoms in total. The third kappa shape index (κ3) is 2.80. The SMILES string of the molecule is OCC[C@@H]1CCCN1Cc1ccccc1. The van der Waals surface area contributed by atoms with Gasteiger partial charge in [-0.1, -0.05) is 30.3 Å². The van der Waals surface area contributed by atoms with Crippen LogP contribution in [0.25, 0.3) is 0 Å². The smallest absolute Gasteiger partial charge is 0.0445 e. The average Bonchev–Trinajstić information content (AvgIpc) is 2.68. The zero-order valence-corrected chi connectivity index (χ0v) is 9.10. The first kappa shape index (κ1) is 10.7. The summed E-state index contributed by atoms with van der Waals surface area (Å²) in [4.78, 5) is 2.49. The summed E-state index contributed by atoms with van der Waals surface area (Å²) < 4.78 is 0. The van der Waals surface area contributed by atoms with Crippen LogP contribution in [0.5, 0.6) is 0 Å². The Morgan fingerprint density at radius 2 is 2.07 bits per heavy atom. The standard InChI is InChI=1S/C13H19NO/c15-10-8-13-7-4-9-14(13)11-12-5-2-1-3-6-12/h1-3,5-6,13,15H,4,7-11H2/t13-/m0/s1. The lowest BCUT2D eigenvalue weighted by Gasteiger charge is -2.23. The van der Waals surface area contributed by atoms with Crippen molar-refractivity contribution in [3.05, 3.63) is 35.9 Å². The lowest BCUT2D eigenvalue weighted by molar-refractivity contribution is 0.190. The maximum Gasteiger partial charge on any atom is 0.0445 e. The molecule has 0 bridgehead atoms. The highest BCUT2D eigenvalue weighted by molar-refractivity contribution is 5.14. The molecule has 1 aliphatic rings. The Hall–Kier alpha value is -0.860. The molecule has 2 heteroatoms. The fourth-order valence-corrected chi connectivity index (χ4v) is 2.40. The summed E-state index contributed by atoms with van der Waals surface area (Å²) >= 11 is 0. The van der Waals surface area contributed by atoms with Crippen molar-refractivity contribution in [1.82, 2.24) is 4.90 Å². The molecule has 15 heavy (non-hydrogen) atoms. The van der Waals surface area contributed by atoms with Gasteiger partial charge in [0, 0.05) is 19.2 Å². The highest BCUT2D eigenvalue weighted by Crippen LogP contribution is 2.21. The molecule has 1 aliphatic heterocycles. The van der Waals surface area contributed by atoms with Crippen molar-refractivity contribution in [1.29, 1.82) is 0 Å². The molecular formula is C13H19NO. The molecule has 1 aromatic carbocycles. The quantitative estimate of drug-likeness (QED) is 0.813. The highest BCUT2D eigenvalue weighted by atomic mass is 16.3. The second-order valence-corrected chi connectivity index (χ2v) is 4.26. The number of nitrogens with zero attached hydrogens (tertiary/aromatic N) is 1. The molecule has 1 N–H and O–H groups in total. The van der Waals surface area contributed by atoms with E-state index in [-0.39, 0.29) is 0 Å². The minimum Gasteiger partial charge on any atom is -0.396 e. The van der Waals surface area contributed by atoms with Crippen LogP contribution < -0.4 is 0 Å². The van der Waals surface area contributed by atoms with Gasteiger partial charge >= 0.3 is 0 Å². The first-order valence-corrected chi connectivity index (χ1v) is 5.79. The Kier molecular flexibility index (Phi) is 3.75. The Morgan fingerprint density at radius 1 is 1.27 bits per heavy atom. The minimum absolute atomic E-state index is 0.315. The monoisotopic (exact) mass is 205 g/mol. The molecule has 0 unspecified atom stereocenters. The van der Waals surface area contributed by atoms with Crippen LogP contribution in [0.3, 0.4) is 0 Å². The normalized spacial score (nSPS) is 22.1. The maximum atomic E-state index is 8.98. The van der Waals surface area contributed by atoms with E-state index in [0.29, 0.717) is 12.6 Å². The Morgan fingerprint density at radius 3 is 2.80 bits per heavy atom. The molecule has 2 rings (SSSR count). The first-order chi connectivity index (χ1) is 7.40. The van der Waals surface area contributed by atoms with Crippen LogP contribution in [-0.2, 0) is 6.54 Å². The van der Waals surface area contributed by atoms with Gasteiger partial charge in [0.1, 0.15) is 0 Å². The van der Waals surface area contributed by atoms with Crippen molar-refractivity contribution in [2.75, 3.05) is 13.2 Å². The van der Waals surface area contributed by atoms with E-state index < -0.39 is 0 Å². The van der Waals surface area contributed by atoms with Crippen molar-refractivity contribution >= 4 is 0 Å². The largest absolute Gasteiger partial charge is 0.396 e. The predicted molar refractivity (Wildman–Crippen MR) is 61.6 cm³/mol. The van der Waals surface area contributed by atoms with Gasteiger partial charge < -0.3 is 5.11 Å². The molecular weight excluding hydrogens is 186 g/mol. The van der Waals surface area contributed by atoms with E-state index in [1.54, 1.807) is 0 Å². The van der Waals surface area contributed by atoms with Crippen molar-refractivity contribution in [3.8, 4) is 0 Å².